The van der Waals surface area contributed by atoms with Crippen molar-refractivity contribution in [1.29, 1.82) is 0 Å². The number of carbonyl (C=O) groups is 1. The van der Waals surface area contributed by atoms with Crippen molar-refractivity contribution >= 4 is 29.4 Å². The molecule has 4 rings (SSSR count). The number of hydrogen-bond acceptors (Lipinski definition) is 6. The molecule has 0 bridgehead atoms. The lowest BCUT2D eigenvalue weighted by molar-refractivity contribution is -0.118. The van der Waals surface area contributed by atoms with Crippen molar-refractivity contribution in [1.82, 2.24) is 10.2 Å². The number of rotatable bonds is 9. The van der Waals surface area contributed by atoms with Crippen molar-refractivity contribution < 1.29 is 14.6 Å². The second-order valence-electron chi connectivity index (χ2n) is 8.44. The smallest absolute Gasteiger partial charge is 0.250 e. The number of nitrogens with zero attached hydrogens (tertiary/aromatic N) is 2. The molecule has 1 atom stereocenters. The molecule has 0 saturated carbocycles. The molecule has 0 radical (unpaired) electrons. The Labute approximate surface area is 200 Å². The van der Waals surface area contributed by atoms with Crippen LogP contribution in [0.1, 0.15) is 24.0 Å². The summed E-state index contributed by atoms with van der Waals surface area (Å²) >= 11 is 1.58. The summed E-state index contributed by atoms with van der Waals surface area (Å²) in [6.45, 7) is 5.87. The molecule has 1 fully saturated rings. The van der Waals surface area contributed by atoms with E-state index in [1.165, 1.54) is 5.69 Å². The third-order valence-corrected chi connectivity index (χ3v) is 7.50. The van der Waals surface area contributed by atoms with E-state index in [2.05, 4.69) is 33.3 Å². The lowest BCUT2D eigenvalue weighted by Gasteiger charge is -2.36. The van der Waals surface area contributed by atoms with Crippen molar-refractivity contribution in [2.75, 3.05) is 51.3 Å². The molecule has 2 heterocycles. The molecule has 6 nitrogen and oxygen atoms in total. The van der Waals surface area contributed by atoms with Crippen molar-refractivity contribution in [2.45, 2.75) is 29.8 Å². The number of nitrogens with one attached hydrogen (secondary N) is 1. The van der Waals surface area contributed by atoms with E-state index in [-0.39, 0.29) is 18.0 Å². The van der Waals surface area contributed by atoms with Crippen LogP contribution in [0.4, 0.5) is 5.69 Å². The standard InChI is InChI=1S/C26H33N3O3S/c1-32-26-23(18-21-8-2-3-10-24(21)33-26)25(31)27-11-4-5-12-28-13-15-29(16-14-28)22-9-6-7-20(17-22)19-30/h2-3,6-10,17-18,26,30H,4-5,11-16,19H2,1H3,(H,27,31). The van der Waals surface area contributed by atoms with Gasteiger partial charge in [0.1, 0.15) is 5.44 Å². The van der Waals surface area contributed by atoms with Crippen LogP contribution in [-0.4, -0.2) is 67.7 Å². The highest BCUT2D eigenvalue weighted by molar-refractivity contribution is 8.00. The van der Waals surface area contributed by atoms with Gasteiger partial charge >= 0.3 is 0 Å². The first-order valence-corrected chi connectivity index (χ1v) is 12.5. The van der Waals surface area contributed by atoms with Gasteiger partial charge in [-0.25, -0.2) is 0 Å². The number of unbranched alkanes of at least 4 members (excludes halogenated alkanes) is 1. The molecule has 176 valence electrons. The molecule has 2 aromatic carbocycles. The molecule has 1 saturated heterocycles. The molecule has 1 unspecified atom stereocenters. The summed E-state index contributed by atoms with van der Waals surface area (Å²) in [5.41, 5.74) is 3.64. The Balaban J connectivity index is 1.17. The van der Waals surface area contributed by atoms with Gasteiger partial charge in [-0.1, -0.05) is 42.1 Å². The maximum absolute atomic E-state index is 12.8. The van der Waals surface area contributed by atoms with Crippen LogP contribution in [0, 0.1) is 0 Å². The second-order valence-corrected chi connectivity index (χ2v) is 9.55. The van der Waals surface area contributed by atoms with Crippen molar-refractivity contribution in [3.8, 4) is 0 Å². The molecule has 1 amide bonds. The van der Waals surface area contributed by atoms with E-state index in [1.807, 2.05) is 36.4 Å². The van der Waals surface area contributed by atoms with Crippen molar-refractivity contribution in [2.24, 2.45) is 0 Å². The number of amides is 1. The van der Waals surface area contributed by atoms with E-state index < -0.39 is 0 Å². The molecule has 2 aliphatic heterocycles. The highest BCUT2D eigenvalue weighted by atomic mass is 32.2. The number of aliphatic hydroxyl groups is 1. The van der Waals surface area contributed by atoms with Crippen LogP contribution in [-0.2, 0) is 16.1 Å². The fourth-order valence-corrected chi connectivity index (χ4v) is 5.36. The van der Waals surface area contributed by atoms with Crippen LogP contribution in [0.25, 0.3) is 6.08 Å². The Morgan fingerprint density at radius 3 is 2.73 bits per heavy atom. The molecular formula is C26H33N3O3S. The van der Waals surface area contributed by atoms with Crippen molar-refractivity contribution in [3.63, 3.8) is 0 Å². The van der Waals surface area contributed by atoms with Crippen LogP contribution < -0.4 is 10.2 Å². The third-order valence-electron chi connectivity index (χ3n) is 6.21. The molecule has 0 aliphatic carbocycles. The monoisotopic (exact) mass is 467 g/mol. The highest BCUT2D eigenvalue weighted by Gasteiger charge is 2.26. The van der Waals surface area contributed by atoms with Gasteiger partial charge in [0.05, 0.1) is 12.2 Å². The van der Waals surface area contributed by atoms with E-state index in [0.717, 1.165) is 61.6 Å². The fraction of sp³-hybridized carbons (Fsp3) is 0.423. The molecule has 2 aromatic rings. The minimum absolute atomic E-state index is 0.0393. The Hall–Kier alpha value is -2.32. The molecular weight excluding hydrogens is 434 g/mol. The summed E-state index contributed by atoms with van der Waals surface area (Å²) in [4.78, 5) is 18.8. The van der Waals surface area contributed by atoms with Gasteiger partial charge in [-0.15, -0.1) is 0 Å². The van der Waals surface area contributed by atoms with Gasteiger partial charge in [0.2, 0.25) is 0 Å². The number of piperazine rings is 1. The molecule has 2 aliphatic rings. The first-order valence-electron chi connectivity index (χ1n) is 11.6. The highest BCUT2D eigenvalue weighted by Crippen LogP contribution is 2.37. The van der Waals surface area contributed by atoms with E-state index in [1.54, 1.807) is 18.9 Å². The number of aliphatic hydroxyl groups excluding tert-OH is 1. The van der Waals surface area contributed by atoms with Crippen LogP contribution in [0.2, 0.25) is 0 Å². The van der Waals surface area contributed by atoms with Gasteiger partial charge in [0, 0.05) is 50.4 Å². The lowest BCUT2D eigenvalue weighted by atomic mass is 10.1. The molecule has 0 spiro atoms. The molecule has 0 aromatic heterocycles. The van der Waals surface area contributed by atoms with E-state index in [9.17, 15) is 9.90 Å². The maximum atomic E-state index is 12.8. The molecule has 2 N–H and O–H groups in total. The van der Waals surface area contributed by atoms with Crippen LogP contribution in [0.15, 0.2) is 59.0 Å². The van der Waals surface area contributed by atoms with E-state index in [4.69, 9.17) is 4.74 Å². The number of fused-ring (bicyclic) bond motifs is 1. The number of hydrogen-bond donors (Lipinski definition) is 2. The van der Waals surface area contributed by atoms with Gasteiger partial charge < -0.3 is 20.1 Å². The molecule has 33 heavy (non-hydrogen) atoms. The summed E-state index contributed by atoms with van der Waals surface area (Å²) in [5.74, 6) is -0.0393. The average Bonchev–Trinajstić information content (AvgIpc) is 2.88. The summed E-state index contributed by atoms with van der Waals surface area (Å²) in [7, 11) is 1.65. The predicted octanol–water partition coefficient (Wildman–Crippen LogP) is 3.36. The first kappa shape index (κ1) is 23.8. The number of carbonyl (C=O) groups excluding carboxylic acids is 1. The zero-order chi connectivity index (χ0) is 23.0. The van der Waals surface area contributed by atoms with Gasteiger partial charge in [0.15, 0.2) is 0 Å². The Kier molecular flexibility index (Phi) is 8.45. The zero-order valence-electron chi connectivity index (χ0n) is 19.2. The minimum Gasteiger partial charge on any atom is -0.392 e. The normalized spacial score (nSPS) is 18.5. The quantitative estimate of drug-likeness (QED) is 0.552. The Morgan fingerprint density at radius 1 is 1.12 bits per heavy atom. The fourth-order valence-electron chi connectivity index (χ4n) is 4.31. The van der Waals surface area contributed by atoms with Crippen LogP contribution in [0.5, 0.6) is 0 Å². The zero-order valence-corrected chi connectivity index (χ0v) is 20.0. The number of anilines is 1. The largest absolute Gasteiger partial charge is 0.392 e. The van der Waals surface area contributed by atoms with Gasteiger partial charge in [-0.2, -0.15) is 0 Å². The third kappa shape index (κ3) is 6.18. The second kappa shape index (κ2) is 11.7. The molecule has 7 heteroatoms. The van der Waals surface area contributed by atoms with Gasteiger partial charge in [-0.3, -0.25) is 9.69 Å². The van der Waals surface area contributed by atoms with E-state index >= 15 is 0 Å². The van der Waals surface area contributed by atoms with E-state index in [0.29, 0.717) is 12.1 Å². The summed E-state index contributed by atoms with van der Waals surface area (Å²) in [5, 5.41) is 12.4. The van der Waals surface area contributed by atoms with Crippen LogP contribution >= 0.6 is 11.8 Å². The minimum atomic E-state index is -0.269. The summed E-state index contributed by atoms with van der Waals surface area (Å²) < 4.78 is 5.55. The van der Waals surface area contributed by atoms with Crippen molar-refractivity contribution in [3.05, 3.63) is 65.2 Å². The number of ether oxygens (including phenoxy) is 1. The number of benzene rings is 2. The number of thioether (sulfide) groups is 1. The average molecular weight is 468 g/mol. The van der Waals surface area contributed by atoms with Gasteiger partial charge in [-0.05, 0) is 54.8 Å². The van der Waals surface area contributed by atoms with Crippen LogP contribution in [0.3, 0.4) is 0 Å². The topological polar surface area (TPSA) is 65.0 Å². The van der Waals surface area contributed by atoms with Gasteiger partial charge in [0.25, 0.3) is 5.91 Å². The lowest BCUT2D eigenvalue weighted by Crippen LogP contribution is -2.46. The Morgan fingerprint density at radius 2 is 1.94 bits per heavy atom. The summed E-state index contributed by atoms with van der Waals surface area (Å²) in [6, 6.07) is 16.2. The Bertz CT molecular complexity index is 973. The SMILES string of the molecule is COC1Sc2ccccc2C=C1C(=O)NCCCCN1CCN(c2cccc(CO)c2)CC1. The first-order chi connectivity index (χ1) is 16.2. The number of methoxy groups -OCH3 is 1. The maximum Gasteiger partial charge on any atom is 0.250 e. The summed E-state index contributed by atoms with van der Waals surface area (Å²) in [6.07, 6.45) is 3.97. The predicted molar refractivity (Wildman–Crippen MR) is 134 cm³/mol.